The second-order valence-corrected chi connectivity index (χ2v) is 5.83. The molecule has 0 aliphatic heterocycles. The summed E-state index contributed by atoms with van der Waals surface area (Å²) in [5.74, 6) is 0.599. The van der Waals surface area contributed by atoms with Crippen molar-refractivity contribution in [2.75, 3.05) is 33.9 Å². The van der Waals surface area contributed by atoms with Crippen LogP contribution in [-0.4, -0.2) is 75.0 Å². The first-order chi connectivity index (χ1) is 12.2. The Balaban J connectivity index is 1.76. The van der Waals surface area contributed by atoms with Crippen LogP contribution >= 0.6 is 0 Å². The molecule has 9 nitrogen and oxygen atoms in total. The second kappa shape index (κ2) is 7.95. The number of carbonyl (C=O) groups is 1. The maximum absolute atomic E-state index is 11.4. The molecule has 0 atom stereocenters. The highest BCUT2D eigenvalue weighted by atomic mass is 16.5. The molecule has 0 unspecified atom stereocenters. The average molecular weight is 343 g/mol. The molecule has 3 rings (SSSR count). The van der Waals surface area contributed by atoms with Gasteiger partial charge in [-0.15, -0.1) is 0 Å². The third-order valence-electron chi connectivity index (χ3n) is 4.03. The Morgan fingerprint density at radius 1 is 1.36 bits per heavy atom. The van der Waals surface area contributed by atoms with Gasteiger partial charge >= 0.3 is 0 Å². The van der Waals surface area contributed by atoms with Crippen LogP contribution in [0.1, 0.15) is 22.5 Å². The van der Waals surface area contributed by atoms with E-state index in [0.717, 1.165) is 49.8 Å². The highest BCUT2D eigenvalue weighted by molar-refractivity contribution is 5.81. The van der Waals surface area contributed by atoms with Crippen LogP contribution in [0.5, 0.6) is 0 Å². The summed E-state index contributed by atoms with van der Waals surface area (Å²) >= 11 is 0. The molecule has 0 aliphatic carbocycles. The molecule has 1 N–H and O–H groups in total. The number of aromatic amines is 1. The van der Waals surface area contributed by atoms with E-state index in [0.29, 0.717) is 17.2 Å². The minimum atomic E-state index is 0.431. The number of likely N-dealkylation sites (N-methyl/N-ethyl adjacent to an activating group) is 1. The summed E-state index contributed by atoms with van der Waals surface area (Å²) in [4.78, 5) is 22.0. The summed E-state index contributed by atoms with van der Waals surface area (Å²) in [6.07, 6.45) is 7.44. The molecule has 0 saturated carbocycles. The molecule has 3 aromatic heterocycles. The molecule has 3 aromatic rings. The van der Waals surface area contributed by atoms with Gasteiger partial charge in [-0.2, -0.15) is 10.2 Å². The predicted octanol–water partition coefficient (Wildman–Crippen LogP) is 0.862. The van der Waals surface area contributed by atoms with Crippen molar-refractivity contribution in [1.29, 1.82) is 0 Å². The van der Waals surface area contributed by atoms with Crippen molar-refractivity contribution in [1.82, 2.24) is 34.8 Å². The third kappa shape index (κ3) is 3.89. The summed E-state index contributed by atoms with van der Waals surface area (Å²) < 4.78 is 6.68. The minimum Gasteiger partial charge on any atom is -0.385 e. The Hall–Kier alpha value is -2.65. The van der Waals surface area contributed by atoms with Crippen molar-refractivity contribution < 1.29 is 9.53 Å². The van der Waals surface area contributed by atoms with Gasteiger partial charge in [0.05, 0.1) is 11.6 Å². The smallest absolute Gasteiger partial charge is 0.170 e. The Labute approximate surface area is 145 Å². The van der Waals surface area contributed by atoms with Gasteiger partial charge in [0.15, 0.2) is 17.8 Å². The number of aromatic nitrogens is 6. The third-order valence-corrected chi connectivity index (χ3v) is 4.03. The highest BCUT2D eigenvalue weighted by Gasteiger charge is 2.14. The highest BCUT2D eigenvalue weighted by Crippen LogP contribution is 2.17. The Bertz CT molecular complexity index is 842. The van der Waals surface area contributed by atoms with E-state index in [9.17, 15) is 4.79 Å². The standard InChI is InChI=1S/C16H21N7O2/c1-22(5-3-7-25-2)6-4-12-9-23(21-14(12)10-24)16-13-8-19-20-15(13)17-11-18-16/h8-11H,3-7H2,1-2H3,(H,17,18,19,20). The molecule has 25 heavy (non-hydrogen) atoms. The number of ether oxygens (including phenoxy) is 1. The van der Waals surface area contributed by atoms with Crippen molar-refractivity contribution >= 4 is 17.3 Å². The van der Waals surface area contributed by atoms with E-state index in [1.165, 1.54) is 6.33 Å². The van der Waals surface area contributed by atoms with Crippen molar-refractivity contribution in [3.05, 3.63) is 30.0 Å². The molecule has 9 heteroatoms. The van der Waals surface area contributed by atoms with Gasteiger partial charge in [-0.1, -0.05) is 0 Å². The van der Waals surface area contributed by atoms with Crippen LogP contribution in [0.25, 0.3) is 16.9 Å². The summed E-state index contributed by atoms with van der Waals surface area (Å²) in [5.41, 5.74) is 1.96. The normalized spacial score (nSPS) is 11.5. The van der Waals surface area contributed by atoms with Gasteiger partial charge in [-0.25, -0.2) is 14.6 Å². The number of fused-ring (bicyclic) bond motifs is 1. The van der Waals surface area contributed by atoms with Gasteiger partial charge in [-0.3, -0.25) is 9.89 Å². The molecule has 3 heterocycles. The molecule has 0 fully saturated rings. The monoisotopic (exact) mass is 343 g/mol. The second-order valence-electron chi connectivity index (χ2n) is 5.83. The summed E-state index contributed by atoms with van der Waals surface area (Å²) in [6.45, 7) is 2.53. The van der Waals surface area contributed by atoms with E-state index in [2.05, 4.69) is 37.2 Å². The molecule has 132 valence electrons. The molecule has 0 radical (unpaired) electrons. The number of nitrogens with one attached hydrogen (secondary N) is 1. The fraction of sp³-hybridized carbons (Fsp3) is 0.438. The van der Waals surface area contributed by atoms with Crippen molar-refractivity contribution in [3.63, 3.8) is 0 Å². The summed E-state index contributed by atoms with van der Waals surface area (Å²) in [5, 5.41) is 11.9. The SMILES string of the molecule is COCCCN(C)CCc1cn(-c2ncnc3[nH]ncc23)nc1C=O. The van der Waals surface area contributed by atoms with Crippen LogP contribution in [0.3, 0.4) is 0 Å². The molecule has 0 aromatic carbocycles. The zero-order valence-electron chi connectivity index (χ0n) is 14.3. The fourth-order valence-electron chi connectivity index (χ4n) is 2.66. The van der Waals surface area contributed by atoms with E-state index < -0.39 is 0 Å². The fourth-order valence-corrected chi connectivity index (χ4v) is 2.66. The number of H-pyrrole nitrogens is 1. The topological polar surface area (TPSA) is 102 Å². The largest absolute Gasteiger partial charge is 0.385 e. The van der Waals surface area contributed by atoms with E-state index >= 15 is 0 Å². The van der Waals surface area contributed by atoms with Gasteiger partial charge in [0.2, 0.25) is 0 Å². The molecule has 0 bridgehead atoms. The lowest BCUT2D eigenvalue weighted by Gasteiger charge is -2.15. The van der Waals surface area contributed by atoms with Crippen LogP contribution in [-0.2, 0) is 11.2 Å². The van der Waals surface area contributed by atoms with Crippen molar-refractivity contribution in [2.45, 2.75) is 12.8 Å². The predicted molar refractivity (Wildman–Crippen MR) is 91.9 cm³/mol. The first-order valence-electron chi connectivity index (χ1n) is 8.08. The van der Waals surface area contributed by atoms with Crippen LogP contribution < -0.4 is 0 Å². The number of rotatable bonds is 9. The lowest BCUT2D eigenvalue weighted by Crippen LogP contribution is -2.23. The molecule has 0 spiro atoms. The van der Waals surface area contributed by atoms with Gasteiger partial charge in [0, 0.05) is 38.6 Å². The van der Waals surface area contributed by atoms with Crippen molar-refractivity contribution in [2.24, 2.45) is 0 Å². The number of hydrogen-bond donors (Lipinski definition) is 1. The quantitative estimate of drug-likeness (QED) is 0.454. The molecule has 0 saturated heterocycles. The molecule has 0 amide bonds. The van der Waals surface area contributed by atoms with Crippen LogP contribution in [0.4, 0.5) is 0 Å². The zero-order chi connectivity index (χ0) is 17.6. The Morgan fingerprint density at radius 3 is 3.04 bits per heavy atom. The number of aldehydes is 1. The lowest BCUT2D eigenvalue weighted by molar-refractivity contribution is 0.111. The van der Waals surface area contributed by atoms with Crippen LogP contribution in [0, 0.1) is 0 Å². The number of nitrogens with zero attached hydrogens (tertiary/aromatic N) is 6. The molecular formula is C16H21N7O2. The maximum Gasteiger partial charge on any atom is 0.170 e. The van der Waals surface area contributed by atoms with Gasteiger partial charge < -0.3 is 9.64 Å². The number of carbonyl (C=O) groups excluding carboxylic acids is 1. The minimum absolute atomic E-state index is 0.431. The zero-order valence-corrected chi connectivity index (χ0v) is 14.3. The van der Waals surface area contributed by atoms with E-state index in [1.807, 2.05) is 6.20 Å². The van der Waals surface area contributed by atoms with Crippen LogP contribution in [0.15, 0.2) is 18.7 Å². The summed E-state index contributed by atoms with van der Waals surface area (Å²) in [7, 11) is 3.76. The number of methoxy groups -OCH3 is 1. The maximum atomic E-state index is 11.4. The molecular weight excluding hydrogens is 322 g/mol. The van der Waals surface area contributed by atoms with E-state index in [1.54, 1.807) is 18.0 Å². The Morgan fingerprint density at radius 2 is 2.24 bits per heavy atom. The average Bonchev–Trinajstić information content (AvgIpc) is 3.26. The van der Waals surface area contributed by atoms with Gasteiger partial charge in [0.25, 0.3) is 0 Å². The van der Waals surface area contributed by atoms with Gasteiger partial charge in [0.1, 0.15) is 12.0 Å². The first-order valence-corrected chi connectivity index (χ1v) is 8.08. The van der Waals surface area contributed by atoms with Gasteiger partial charge in [-0.05, 0) is 19.9 Å². The van der Waals surface area contributed by atoms with E-state index in [-0.39, 0.29) is 0 Å². The summed E-state index contributed by atoms with van der Waals surface area (Å²) in [6, 6.07) is 0. The Kier molecular flexibility index (Phi) is 5.46. The van der Waals surface area contributed by atoms with Crippen molar-refractivity contribution in [3.8, 4) is 5.82 Å². The van der Waals surface area contributed by atoms with Crippen LogP contribution in [0.2, 0.25) is 0 Å². The lowest BCUT2D eigenvalue weighted by atomic mass is 10.2. The van der Waals surface area contributed by atoms with E-state index in [4.69, 9.17) is 4.74 Å². The first kappa shape index (κ1) is 17.2. The molecule has 0 aliphatic rings. The number of hydrogen-bond acceptors (Lipinski definition) is 7.